The summed E-state index contributed by atoms with van der Waals surface area (Å²) in [5.41, 5.74) is -0.678. The highest BCUT2D eigenvalue weighted by Gasteiger charge is 2.35. The maximum Gasteiger partial charge on any atom is 0.312 e. The fourth-order valence-corrected chi connectivity index (χ4v) is 2.42. The van der Waals surface area contributed by atoms with Crippen LogP contribution in [-0.4, -0.2) is 11.6 Å². The lowest BCUT2D eigenvalue weighted by Crippen LogP contribution is -2.36. The van der Waals surface area contributed by atoms with Crippen molar-refractivity contribution in [3.8, 4) is 0 Å². The molecule has 0 fully saturated rings. The van der Waals surface area contributed by atoms with Crippen molar-refractivity contribution in [3.63, 3.8) is 0 Å². The summed E-state index contributed by atoms with van der Waals surface area (Å²) in [6, 6.07) is 0. The maximum absolute atomic E-state index is 12.5. The van der Waals surface area contributed by atoms with Crippen molar-refractivity contribution in [1.29, 1.82) is 0 Å². The molecule has 0 aliphatic carbocycles. The number of hydrogen-bond acceptors (Lipinski definition) is 2. The van der Waals surface area contributed by atoms with E-state index in [1.165, 1.54) is 25.7 Å². The highest BCUT2D eigenvalue weighted by atomic mass is 16.6. The van der Waals surface area contributed by atoms with Crippen LogP contribution in [0.5, 0.6) is 0 Å². The largest absolute Gasteiger partial charge is 0.460 e. The molecule has 0 heterocycles. The third-order valence-electron chi connectivity index (χ3n) is 3.81. The first kappa shape index (κ1) is 19.5. The van der Waals surface area contributed by atoms with Gasteiger partial charge in [-0.25, -0.2) is 0 Å². The molecule has 1 unspecified atom stereocenters. The van der Waals surface area contributed by atoms with E-state index in [-0.39, 0.29) is 17.0 Å². The highest BCUT2D eigenvalue weighted by Crippen LogP contribution is 2.34. The first-order valence-corrected chi connectivity index (χ1v) is 8.48. The Hall–Kier alpha value is -0.530. The molecule has 0 aliphatic rings. The van der Waals surface area contributed by atoms with Crippen molar-refractivity contribution in [2.24, 2.45) is 5.41 Å². The van der Waals surface area contributed by atoms with E-state index in [1.54, 1.807) is 0 Å². The average molecular weight is 284 g/mol. The van der Waals surface area contributed by atoms with Crippen molar-refractivity contribution < 1.29 is 9.53 Å². The van der Waals surface area contributed by atoms with Gasteiger partial charge in [-0.1, -0.05) is 58.8 Å². The summed E-state index contributed by atoms with van der Waals surface area (Å²) in [6.07, 6.45) is 10.4. The summed E-state index contributed by atoms with van der Waals surface area (Å²) in [4.78, 5) is 12.5. The topological polar surface area (TPSA) is 26.3 Å². The number of carbonyl (C=O) groups is 1. The average Bonchev–Trinajstić information content (AvgIpc) is 2.34. The van der Waals surface area contributed by atoms with Gasteiger partial charge in [0, 0.05) is 0 Å². The van der Waals surface area contributed by atoms with Crippen molar-refractivity contribution in [3.05, 3.63) is 0 Å². The van der Waals surface area contributed by atoms with Gasteiger partial charge in [-0.3, -0.25) is 4.79 Å². The van der Waals surface area contributed by atoms with E-state index < -0.39 is 0 Å². The molecule has 20 heavy (non-hydrogen) atoms. The monoisotopic (exact) mass is 284 g/mol. The quantitative estimate of drug-likeness (QED) is 0.369. The minimum atomic E-state index is -0.382. The number of unbranched alkanes of at least 4 members (excludes halogenated alkanes) is 5. The normalized spacial score (nSPS) is 14.9. The van der Waals surface area contributed by atoms with Gasteiger partial charge in [0.15, 0.2) is 0 Å². The maximum atomic E-state index is 12.5. The van der Waals surface area contributed by atoms with Crippen LogP contribution in [0.15, 0.2) is 0 Å². The van der Waals surface area contributed by atoms with E-state index in [4.69, 9.17) is 4.74 Å². The lowest BCUT2D eigenvalue weighted by atomic mass is 9.80. The molecule has 0 aromatic carbocycles. The predicted molar refractivity (Wildman–Crippen MR) is 86.9 cm³/mol. The summed E-state index contributed by atoms with van der Waals surface area (Å²) >= 11 is 0. The van der Waals surface area contributed by atoms with E-state index in [0.29, 0.717) is 0 Å². The minimum absolute atomic E-state index is 0.00561. The Balaban J connectivity index is 4.44. The van der Waals surface area contributed by atoms with Crippen LogP contribution in [0.25, 0.3) is 0 Å². The molecule has 0 N–H and O–H groups in total. The molecule has 0 rings (SSSR count). The van der Waals surface area contributed by atoms with Crippen LogP contribution in [0.4, 0.5) is 0 Å². The molecule has 0 radical (unpaired) electrons. The van der Waals surface area contributed by atoms with E-state index in [1.807, 2.05) is 20.8 Å². The molecular weight excluding hydrogens is 248 g/mol. The van der Waals surface area contributed by atoms with Gasteiger partial charge >= 0.3 is 5.97 Å². The smallest absolute Gasteiger partial charge is 0.312 e. The number of rotatable bonds is 10. The predicted octanol–water partition coefficient (Wildman–Crippen LogP) is 5.89. The molecule has 0 bridgehead atoms. The van der Waals surface area contributed by atoms with Gasteiger partial charge in [0.25, 0.3) is 0 Å². The van der Waals surface area contributed by atoms with Gasteiger partial charge < -0.3 is 4.74 Å². The van der Waals surface area contributed by atoms with E-state index in [0.717, 1.165) is 32.1 Å². The second-order valence-electron chi connectivity index (χ2n) is 7.33. The molecule has 0 saturated heterocycles. The van der Waals surface area contributed by atoms with Gasteiger partial charge in [-0.15, -0.1) is 0 Å². The molecule has 0 aliphatic heterocycles. The highest BCUT2D eigenvalue weighted by molar-refractivity contribution is 5.76. The Bertz CT molecular complexity index is 265. The Morgan fingerprint density at radius 3 is 1.80 bits per heavy atom. The van der Waals surface area contributed by atoms with Crippen LogP contribution < -0.4 is 0 Å². The zero-order chi connectivity index (χ0) is 15.6. The van der Waals surface area contributed by atoms with Gasteiger partial charge in [0.05, 0.1) is 5.41 Å². The summed E-state index contributed by atoms with van der Waals surface area (Å²) in [5, 5.41) is 0. The Morgan fingerprint density at radius 2 is 1.30 bits per heavy atom. The molecule has 2 nitrogen and oxygen atoms in total. The summed E-state index contributed by atoms with van der Waals surface area (Å²) in [6.45, 7) is 12.4. The number of ether oxygens (including phenoxy) is 1. The lowest BCUT2D eigenvalue weighted by Gasteiger charge is -2.31. The van der Waals surface area contributed by atoms with Crippen LogP contribution in [0.3, 0.4) is 0 Å². The number of carbonyl (C=O) groups excluding carboxylic acids is 1. The zero-order valence-corrected chi connectivity index (χ0v) is 14.7. The van der Waals surface area contributed by atoms with Crippen LogP contribution in [0.2, 0.25) is 0 Å². The Kier molecular flexibility index (Phi) is 9.16. The van der Waals surface area contributed by atoms with Gasteiger partial charge in [0.1, 0.15) is 5.60 Å². The minimum Gasteiger partial charge on any atom is -0.460 e. The zero-order valence-electron chi connectivity index (χ0n) is 14.7. The van der Waals surface area contributed by atoms with Crippen LogP contribution in [0, 0.1) is 5.41 Å². The van der Waals surface area contributed by atoms with Gasteiger partial charge in [-0.05, 0) is 40.5 Å². The van der Waals surface area contributed by atoms with Crippen molar-refractivity contribution in [2.75, 3.05) is 0 Å². The SMILES string of the molecule is CCCCCCCC(C)(CCCC)C(=O)OC(C)(C)C. The molecule has 0 saturated carbocycles. The standard InChI is InChI=1S/C18H36O2/c1-7-9-11-12-13-15-18(6,14-10-8-2)16(19)20-17(3,4)5/h7-15H2,1-6H3. The Morgan fingerprint density at radius 1 is 0.800 bits per heavy atom. The fraction of sp³-hybridized carbons (Fsp3) is 0.944. The van der Waals surface area contributed by atoms with Crippen LogP contribution in [0.1, 0.15) is 99.3 Å². The van der Waals surface area contributed by atoms with Crippen molar-refractivity contribution in [1.82, 2.24) is 0 Å². The fourth-order valence-electron chi connectivity index (χ4n) is 2.42. The van der Waals surface area contributed by atoms with E-state index in [2.05, 4.69) is 20.8 Å². The second kappa shape index (κ2) is 9.41. The van der Waals surface area contributed by atoms with E-state index in [9.17, 15) is 4.79 Å². The van der Waals surface area contributed by atoms with Crippen molar-refractivity contribution in [2.45, 2.75) is 105 Å². The number of esters is 1. The van der Waals surface area contributed by atoms with Crippen LogP contribution in [-0.2, 0) is 9.53 Å². The molecule has 0 aromatic rings. The third-order valence-corrected chi connectivity index (χ3v) is 3.81. The first-order chi connectivity index (χ1) is 9.25. The molecule has 0 amide bonds. The molecule has 2 heteroatoms. The van der Waals surface area contributed by atoms with Crippen molar-refractivity contribution >= 4 is 5.97 Å². The lowest BCUT2D eigenvalue weighted by molar-refractivity contribution is -0.167. The summed E-state index contributed by atoms with van der Waals surface area (Å²) in [5.74, 6) is -0.00561. The van der Waals surface area contributed by atoms with E-state index >= 15 is 0 Å². The second-order valence-corrected chi connectivity index (χ2v) is 7.33. The van der Waals surface area contributed by atoms with Gasteiger partial charge in [0.2, 0.25) is 0 Å². The summed E-state index contributed by atoms with van der Waals surface area (Å²) < 4.78 is 5.64. The third kappa shape index (κ3) is 8.60. The number of hydrogen-bond donors (Lipinski definition) is 0. The molecule has 1 atom stereocenters. The molecule has 0 spiro atoms. The van der Waals surface area contributed by atoms with Gasteiger partial charge in [-0.2, -0.15) is 0 Å². The molecule has 120 valence electrons. The molecule has 0 aromatic heterocycles. The van der Waals surface area contributed by atoms with Crippen LogP contribution >= 0.6 is 0 Å². The molecular formula is C18H36O2. The first-order valence-electron chi connectivity index (χ1n) is 8.48. The summed E-state index contributed by atoms with van der Waals surface area (Å²) in [7, 11) is 0. The Labute approximate surface area is 126 Å².